The molecule has 1 saturated carbocycles. The standard InChI is InChI=1S/C17H27NO2/c1-3-16(18-14-7-5-4-6-8-14)17(19)13-9-11-15(20-2)12-10-13/h9-12,14,16-19H,3-8H2,1-2H3. The van der Waals surface area contributed by atoms with Gasteiger partial charge in [0.05, 0.1) is 13.2 Å². The summed E-state index contributed by atoms with van der Waals surface area (Å²) < 4.78 is 5.16. The summed E-state index contributed by atoms with van der Waals surface area (Å²) in [5.41, 5.74) is 0.959. The van der Waals surface area contributed by atoms with Crippen molar-refractivity contribution in [1.82, 2.24) is 5.32 Å². The molecule has 112 valence electrons. The minimum atomic E-state index is -0.451. The molecule has 20 heavy (non-hydrogen) atoms. The van der Waals surface area contributed by atoms with E-state index in [4.69, 9.17) is 4.74 Å². The zero-order chi connectivity index (χ0) is 14.4. The fraction of sp³-hybridized carbons (Fsp3) is 0.647. The van der Waals surface area contributed by atoms with Gasteiger partial charge in [-0.2, -0.15) is 0 Å². The van der Waals surface area contributed by atoms with Crippen LogP contribution in [-0.4, -0.2) is 24.3 Å². The first-order chi connectivity index (χ1) is 9.74. The quantitative estimate of drug-likeness (QED) is 0.837. The Morgan fingerprint density at radius 3 is 2.40 bits per heavy atom. The lowest BCUT2D eigenvalue weighted by Gasteiger charge is -2.31. The van der Waals surface area contributed by atoms with Gasteiger partial charge in [0.15, 0.2) is 0 Å². The van der Waals surface area contributed by atoms with Crippen molar-refractivity contribution in [2.75, 3.05) is 7.11 Å². The fourth-order valence-electron chi connectivity index (χ4n) is 3.04. The molecule has 0 radical (unpaired) electrons. The first kappa shape index (κ1) is 15.3. The zero-order valence-corrected chi connectivity index (χ0v) is 12.6. The molecule has 0 aliphatic heterocycles. The third kappa shape index (κ3) is 3.97. The molecular formula is C17H27NO2. The van der Waals surface area contributed by atoms with Gasteiger partial charge in [0.2, 0.25) is 0 Å². The minimum Gasteiger partial charge on any atom is -0.497 e. The zero-order valence-electron chi connectivity index (χ0n) is 12.6. The Balaban J connectivity index is 1.97. The average molecular weight is 277 g/mol. The highest BCUT2D eigenvalue weighted by Gasteiger charge is 2.23. The lowest BCUT2D eigenvalue weighted by atomic mass is 9.92. The van der Waals surface area contributed by atoms with Crippen LogP contribution in [0.1, 0.15) is 57.1 Å². The molecule has 3 nitrogen and oxygen atoms in total. The Hall–Kier alpha value is -1.06. The average Bonchev–Trinajstić information content (AvgIpc) is 2.53. The van der Waals surface area contributed by atoms with Gasteiger partial charge in [0.25, 0.3) is 0 Å². The summed E-state index contributed by atoms with van der Waals surface area (Å²) in [5.74, 6) is 0.828. The summed E-state index contributed by atoms with van der Waals surface area (Å²) in [6.45, 7) is 2.13. The third-order valence-electron chi connectivity index (χ3n) is 4.33. The van der Waals surface area contributed by atoms with Crippen LogP contribution in [-0.2, 0) is 0 Å². The normalized spacial score (nSPS) is 19.6. The summed E-state index contributed by atoms with van der Waals surface area (Å²) in [7, 11) is 1.66. The summed E-state index contributed by atoms with van der Waals surface area (Å²) in [4.78, 5) is 0. The van der Waals surface area contributed by atoms with Gasteiger partial charge in [0.1, 0.15) is 5.75 Å². The Morgan fingerprint density at radius 2 is 1.85 bits per heavy atom. The van der Waals surface area contributed by atoms with Gasteiger partial charge in [0, 0.05) is 12.1 Å². The van der Waals surface area contributed by atoms with Crippen LogP contribution in [0.4, 0.5) is 0 Å². The van der Waals surface area contributed by atoms with Gasteiger partial charge in [-0.3, -0.25) is 0 Å². The van der Waals surface area contributed by atoms with Crippen LogP contribution in [0.15, 0.2) is 24.3 Å². The molecule has 0 aromatic heterocycles. The molecule has 2 unspecified atom stereocenters. The van der Waals surface area contributed by atoms with E-state index in [0.717, 1.165) is 17.7 Å². The highest BCUT2D eigenvalue weighted by molar-refractivity contribution is 5.29. The summed E-state index contributed by atoms with van der Waals surface area (Å²) in [6.07, 6.45) is 6.95. The van der Waals surface area contributed by atoms with Crippen molar-refractivity contribution in [3.05, 3.63) is 29.8 Å². The molecule has 1 fully saturated rings. The number of hydrogen-bond donors (Lipinski definition) is 2. The number of aliphatic hydroxyl groups excluding tert-OH is 1. The number of methoxy groups -OCH3 is 1. The largest absolute Gasteiger partial charge is 0.497 e. The van der Waals surface area contributed by atoms with E-state index in [-0.39, 0.29) is 6.04 Å². The molecule has 1 aromatic rings. The van der Waals surface area contributed by atoms with E-state index < -0.39 is 6.10 Å². The lowest BCUT2D eigenvalue weighted by Crippen LogP contribution is -2.42. The van der Waals surface area contributed by atoms with Crippen LogP contribution in [0.25, 0.3) is 0 Å². The summed E-state index contributed by atoms with van der Waals surface area (Å²) in [5, 5.41) is 14.2. The predicted octanol–water partition coefficient (Wildman–Crippen LogP) is 3.43. The van der Waals surface area contributed by atoms with Crippen molar-refractivity contribution in [3.8, 4) is 5.75 Å². The fourth-order valence-corrected chi connectivity index (χ4v) is 3.04. The summed E-state index contributed by atoms with van der Waals surface area (Å²) in [6, 6.07) is 8.43. The number of ether oxygens (including phenoxy) is 1. The molecule has 0 bridgehead atoms. The maximum Gasteiger partial charge on any atom is 0.118 e. The van der Waals surface area contributed by atoms with Crippen molar-refractivity contribution in [3.63, 3.8) is 0 Å². The second kappa shape index (κ2) is 7.65. The van der Waals surface area contributed by atoms with Crippen molar-refractivity contribution in [2.24, 2.45) is 0 Å². The second-order valence-electron chi connectivity index (χ2n) is 5.73. The van der Waals surface area contributed by atoms with Crippen molar-refractivity contribution in [2.45, 2.75) is 63.6 Å². The molecule has 2 N–H and O–H groups in total. The number of benzene rings is 1. The smallest absolute Gasteiger partial charge is 0.118 e. The van der Waals surface area contributed by atoms with Crippen LogP contribution in [0, 0.1) is 0 Å². The Morgan fingerprint density at radius 1 is 1.20 bits per heavy atom. The van der Waals surface area contributed by atoms with E-state index in [2.05, 4.69) is 12.2 Å². The number of hydrogen-bond acceptors (Lipinski definition) is 3. The number of rotatable bonds is 6. The van der Waals surface area contributed by atoms with E-state index in [1.165, 1.54) is 32.1 Å². The van der Waals surface area contributed by atoms with Crippen LogP contribution in [0.5, 0.6) is 5.75 Å². The number of nitrogens with one attached hydrogen (secondary N) is 1. The van der Waals surface area contributed by atoms with E-state index >= 15 is 0 Å². The van der Waals surface area contributed by atoms with Crippen LogP contribution >= 0.6 is 0 Å². The van der Waals surface area contributed by atoms with Crippen LogP contribution in [0.3, 0.4) is 0 Å². The first-order valence-electron chi connectivity index (χ1n) is 7.82. The van der Waals surface area contributed by atoms with Crippen LogP contribution < -0.4 is 10.1 Å². The lowest BCUT2D eigenvalue weighted by molar-refractivity contribution is 0.114. The third-order valence-corrected chi connectivity index (χ3v) is 4.33. The molecule has 1 aromatic carbocycles. The highest BCUT2D eigenvalue weighted by Crippen LogP contribution is 2.24. The Labute approximate surface area is 122 Å². The van der Waals surface area contributed by atoms with E-state index in [9.17, 15) is 5.11 Å². The van der Waals surface area contributed by atoms with Gasteiger partial charge in [-0.1, -0.05) is 38.3 Å². The monoisotopic (exact) mass is 277 g/mol. The predicted molar refractivity (Wildman–Crippen MR) is 82.0 cm³/mol. The van der Waals surface area contributed by atoms with E-state index in [1.807, 2.05) is 24.3 Å². The molecule has 1 aliphatic carbocycles. The molecule has 2 rings (SSSR count). The molecule has 0 heterocycles. The Bertz CT molecular complexity index is 384. The highest BCUT2D eigenvalue weighted by atomic mass is 16.5. The van der Waals surface area contributed by atoms with Crippen molar-refractivity contribution >= 4 is 0 Å². The van der Waals surface area contributed by atoms with Gasteiger partial charge < -0.3 is 15.2 Å². The second-order valence-corrected chi connectivity index (χ2v) is 5.73. The number of aliphatic hydroxyl groups is 1. The van der Waals surface area contributed by atoms with E-state index in [1.54, 1.807) is 7.11 Å². The summed E-state index contributed by atoms with van der Waals surface area (Å²) >= 11 is 0. The molecule has 1 aliphatic rings. The van der Waals surface area contributed by atoms with Crippen molar-refractivity contribution in [1.29, 1.82) is 0 Å². The van der Waals surface area contributed by atoms with E-state index in [0.29, 0.717) is 6.04 Å². The first-order valence-corrected chi connectivity index (χ1v) is 7.82. The topological polar surface area (TPSA) is 41.5 Å². The molecule has 0 spiro atoms. The molecule has 2 atom stereocenters. The van der Waals surface area contributed by atoms with Gasteiger partial charge in [-0.25, -0.2) is 0 Å². The molecule has 0 amide bonds. The maximum atomic E-state index is 10.6. The Kier molecular flexibility index (Phi) is 5.86. The van der Waals surface area contributed by atoms with Gasteiger partial charge in [-0.05, 0) is 37.0 Å². The molecule has 3 heteroatoms. The molecular weight excluding hydrogens is 250 g/mol. The van der Waals surface area contributed by atoms with Gasteiger partial charge in [-0.15, -0.1) is 0 Å². The minimum absolute atomic E-state index is 0.131. The van der Waals surface area contributed by atoms with Crippen molar-refractivity contribution < 1.29 is 9.84 Å². The van der Waals surface area contributed by atoms with Crippen LogP contribution in [0.2, 0.25) is 0 Å². The molecule has 0 saturated heterocycles. The van der Waals surface area contributed by atoms with Gasteiger partial charge >= 0.3 is 0 Å². The maximum absolute atomic E-state index is 10.6. The SMILES string of the molecule is CCC(NC1CCCCC1)C(O)c1ccc(OC)cc1.